The lowest BCUT2D eigenvalue weighted by Gasteiger charge is -2.26. The van der Waals surface area contributed by atoms with E-state index in [1.165, 1.54) is 13.8 Å². The molecule has 1 aromatic carbocycles. The maximum atomic E-state index is 13.0. The van der Waals surface area contributed by atoms with Gasteiger partial charge in [0.15, 0.2) is 6.04 Å². The van der Waals surface area contributed by atoms with E-state index in [1.54, 1.807) is 30.3 Å². The molecule has 0 spiro atoms. The topological polar surface area (TPSA) is 171 Å². The number of carboxylic acid groups (broad SMARTS) is 1. The van der Waals surface area contributed by atoms with Crippen LogP contribution in [-0.2, 0) is 25.6 Å². The first-order valence-corrected chi connectivity index (χ1v) is 10.5. The molecule has 32 heavy (non-hydrogen) atoms. The molecule has 5 unspecified atom stereocenters. The molecule has 7 N–H and O–H groups in total. The van der Waals surface area contributed by atoms with Crippen molar-refractivity contribution < 1.29 is 29.4 Å². The van der Waals surface area contributed by atoms with E-state index in [2.05, 4.69) is 16.0 Å². The number of aliphatic carboxylic acids is 1. The number of carbonyl (C=O) groups excluding carboxylic acids is 3. The fourth-order valence-electron chi connectivity index (χ4n) is 2.98. The van der Waals surface area contributed by atoms with E-state index in [4.69, 9.17) is 5.73 Å². The lowest BCUT2D eigenvalue weighted by Crippen LogP contribution is -2.58. The van der Waals surface area contributed by atoms with Gasteiger partial charge in [0.05, 0.1) is 12.1 Å². The number of aliphatic hydroxyl groups excluding tert-OH is 1. The highest BCUT2D eigenvalue weighted by molar-refractivity contribution is 5.94. The van der Waals surface area contributed by atoms with Crippen LogP contribution in [0.25, 0.3) is 0 Å². The van der Waals surface area contributed by atoms with Crippen LogP contribution in [-0.4, -0.2) is 64.2 Å². The first-order chi connectivity index (χ1) is 14.9. The molecule has 0 aliphatic rings. The molecule has 0 heterocycles. The highest BCUT2D eigenvalue weighted by Crippen LogP contribution is 2.09. The van der Waals surface area contributed by atoms with Gasteiger partial charge < -0.3 is 31.9 Å². The molecular weight excluding hydrogens is 416 g/mol. The summed E-state index contributed by atoms with van der Waals surface area (Å²) in [6, 6.07) is 4.45. The molecule has 5 atom stereocenters. The Morgan fingerprint density at radius 3 is 1.88 bits per heavy atom. The molecule has 0 saturated heterocycles. The van der Waals surface area contributed by atoms with Crippen LogP contribution < -0.4 is 21.7 Å². The second kappa shape index (κ2) is 12.8. The Bertz CT molecular complexity index is 782. The van der Waals surface area contributed by atoms with E-state index in [-0.39, 0.29) is 12.3 Å². The van der Waals surface area contributed by atoms with Gasteiger partial charge in [-0.3, -0.25) is 14.4 Å². The quantitative estimate of drug-likeness (QED) is 0.250. The van der Waals surface area contributed by atoms with Crippen molar-refractivity contribution >= 4 is 23.7 Å². The number of carbonyl (C=O) groups is 4. The Hall–Kier alpha value is -2.98. The van der Waals surface area contributed by atoms with Gasteiger partial charge in [0.2, 0.25) is 17.7 Å². The highest BCUT2D eigenvalue weighted by Gasteiger charge is 2.32. The largest absolute Gasteiger partial charge is 0.480 e. The smallest absolute Gasteiger partial charge is 0.328 e. The van der Waals surface area contributed by atoms with Gasteiger partial charge in [0.1, 0.15) is 12.1 Å². The fourth-order valence-corrected chi connectivity index (χ4v) is 2.98. The predicted molar refractivity (Wildman–Crippen MR) is 118 cm³/mol. The van der Waals surface area contributed by atoms with Crippen molar-refractivity contribution in [2.24, 2.45) is 11.7 Å². The molecule has 1 aromatic rings. The third kappa shape index (κ3) is 9.03. The van der Waals surface area contributed by atoms with Crippen molar-refractivity contribution in [3.63, 3.8) is 0 Å². The zero-order chi connectivity index (χ0) is 24.4. The second-order valence-electron chi connectivity index (χ2n) is 8.30. The summed E-state index contributed by atoms with van der Waals surface area (Å²) in [5.74, 6) is -3.20. The Morgan fingerprint density at radius 2 is 1.41 bits per heavy atom. The molecule has 0 aromatic heterocycles. The van der Waals surface area contributed by atoms with Crippen LogP contribution in [0, 0.1) is 5.92 Å². The summed E-state index contributed by atoms with van der Waals surface area (Å²) < 4.78 is 0. The number of carboxylic acids is 1. The number of nitrogens with two attached hydrogens (primary N) is 1. The van der Waals surface area contributed by atoms with Gasteiger partial charge in [-0.1, -0.05) is 44.2 Å². The normalized spacial score (nSPS) is 15.7. The van der Waals surface area contributed by atoms with Crippen LogP contribution in [0.2, 0.25) is 0 Å². The minimum absolute atomic E-state index is 0.0622. The summed E-state index contributed by atoms with van der Waals surface area (Å²) >= 11 is 0. The zero-order valence-corrected chi connectivity index (χ0v) is 18.9. The number of hydrogen-bond donors (Lipinski definition) is 6. The number of nitrogens with one attached hydrogen (secondary N) is 3. The van der Waals surface area contributed by atoms with Crippen molar-refractivity contribution in [1.82, 2.24) is 16.0 Å². The maximum absolute atomic E-state index is 13.0. The maximum Gasteiger partial charge on any atom is 0.328 e. The predicted octanol–water partition coefficient (Wildman–Crippen LogP) is -0.458. The van der Waals surface area contributed by atoms with Crippen LogP contribution in [0.4, 0.5) is 0 Å². The molecule has 0 aliphatic carbocycles. The highest BCUT2D eigenvalue weighted by atomic mass is 16.4. The number of aliphatic hydroxyl groups is 1. The Morgan fingerprint density at radius 1 is 0.875 bits per heavy atom. The van der Waals surface area contributed by atoms with Crippen LogP contribution in [0.1, 0.15) is 39.7 Å². The molecule has 3 amide bonds. The SMILES string of the molecule is CC(C)CC(NC(=O)C(C)N)C(=O)NC(Cc1ccccc1)C(=O)NC(C(=O)O)C(C)O. The number of hydrogen-bond acceptors (Lipinski definition) is 6. The minimum Gasteiger partial charge on any atom is -0.480 e. The molecule has 10 nitrogen and oxygen atoms in total. The van der Waals surface area contributed by atoms with E-state index in [0.717, 1.165) is 5.56 Å². The third-order valence-corrected chi connectivity index (χ3v) is 4.72. The average Bonchev–Trinajstić information content (AvgIpc) is 2.70. The standard InChI is InChI=1S/C22H34N4O6/c1-12(2)10-16(24-19(28)13(3)23)20(29)25-17(11-15-8-6-5-7-9-15)21(30)26-18(14(4)27)22(31)32/h5-9,12-14,16-18,27H,10-11,23H2,1-4H3,(H,24,28)(H,25,29)(H,26,30)(H,31,32). The molecule has 0 fully saturated rings. The fraction of sp³-hybridized carbons (Fsp3) is 0.545. The van der Waals surface area contributed by atoms with Crippen molar-refractivity contribution in [3.8, 4) is 0 Å². The van der Waals surface area contributed by atoms with Gasteiger partial charge in [0, 0.05) is 6.42 Å². The van der Waals surface area contributed by atoms with Gasteiger partial charge >= 0.3 is 5.97 Å². The summed E-state index contributed by atoms with van der Waals surface area (Å²) in [5.41, 5.74) is 6.32. The van der Waals surface area contributed by atoms with Crippen LogP contribution in [0.15, 0.2) is 30.3 Å². The molecule has 1 rings (SSSR count). The lowest BCUT2D eigenvalue weighted by atomic mass is 10.0. The van der Waals surface area contributed by atoms with E-state index in [1.807, 2.05) is 13.8 Å². The van der Waals surface area contributed by atoms with E-state index < -0.39 is 54.0 Å². The number of amides is 3. The van der Waals surface area contributed by atoms with E-state index in [0.29, 0.717) is 6.42 Å². The molecule has 0 saturated carbocycles. The summed E-state index contributed by atoms with van der Waals surface area (Å²) in [4.78, 5) is 49.3. The Balaban J connectivity index is 3.10. The van der Waals surface area contributed by atoms with Crippen molar-refractivity contribution in [1.29, 1.82) is 0 Å². The third-order valence-electron chi connectivity index (χ3n) is 4.72. The van der Waals surface area contributed by atoms with Gasteiger partial charge in [0.25, 0.3) is 0 Å². The van der Waals surface area contributed by atoms with E-state index >= 15 is 0 Å². The number of benzene rings is 1. The zero-order valence-electron chi connectivity index (χ0n) is 18.9. The van der Waals surface area contributed by atoms with Gasteiger partial charge in [-0.2, -0.15) is 0 Å². The molecule has 178 valence electrons. The Kier molecular flexibility index (Phi) is 10.8. The van der Waals surface area contributed by atoms with Crippen LogP contribution >= 0.6 is 0 Å². The average molecular weight is 451 g/mol. The summed E-state index contributed by atoms with van der Waals surface area (Å²) in [6.07, 6.45) is -0.946. The second-order valence-corrected chi connectivity index (χ2v) is 8.30. The molecule has 10 heteroatoms. The van der Waals surface area contributed by atoms with Crippen molar-refractivity contribution in [2.75, 3.05) is 0 Å². The molecule has 0 aliphatic heterocycles. The van der Waals surface area contributed by atoms with E-state index in [9.17, 15) is 29.4 Å². The van der Waals surface area contributed by atoms with Crippen LogP contribution in [0.5, 0.6) is 0 Å². The minimum atomic E-state index is -1.54. The van der Waals surface area contributed by atoms with Gasteiger partial charge in [-0.15, -0.1) is 0 Å². The molecule has 0 bridgehead atoms. The van der Waals surface area contributed by atoms with Crippen LogP contribution in [0.3, 0.4) is 0 Å². The summed E-state index contributed by atoms with van der Waals surface area (Å²) in [5, 5.41) is 26.4. The molecular formula is C22H34N4O6. The van der Waals surface area contributed by atoms with Crippen molar-refractivity contribution in [3.05, 3.63) is 35.9 Å². The first kappa shape index (κ1) is 27.1. The lowest BCUT2D eigenvalue weighted by molar-refractivity contribution is -0.145. The Labute approximate surface area is 187 Å². The van der Waals surface area contributed by atoms with Crippen molar-refractivity contribution in [2.45, 2.75) is 70.8 Å². The van der Waals surface area contributed by atoms with Gasteiger partial charge in [-0.05, 0) is 31.7 Å². The monoisotopic (exact) mass is 450 g/mol. The number of rotatable bonds is 12. The summed E-state index contributed by atoms with van der Waals surface area (Å²) in [6.45, 7) is 6.50. The molecule has 0 radical (unpaired) electrons. The first-order valence-electron chi connectivity index (χ1n) is 10.5. The van der Waals surface area contributed by atoms with Gasteiger partial charge in [-0.25, -0.2) is 4.79 Å². The summed E-state index contributed by atoms with van der Waals surface area (Å²) in [7, 11) is 0.